The number of hydrogen-bond donors (Lipinski definition) is 0. The summed E-state index contributed by atoms with van der Waals surface area (Å²) in [5.41, 5.74) is 0. The summed E-state index contributed by atoms with van der Waals surface area (Å²) in [6, 6.07) is 12.0. The third-order valence-corrected chi connectivity index (χ3v) is 4.68. The zero-order valence-corrected chi connectivity index (χ0v) is 18.1. The van der Waals surface area contributed by atoms with Gasteiger partial charge in [-0.15, -0.1) is 0 Å². The van der Waals surface area contributed by atoms with Crippen LogP contribution >= 0.6 is 0 Å². The minimum atomic E-state index is 0.392. The van der Waals surface area contributed by atoms with Gasteiger partial charge in [-0.1, -0.05) is 81.8 Å². The van der Waals surface area contributed by atoms with Crippen LogP contribution in [0.15, 0.2) is 36.4 Å². The number of hydrogen-bond acceptors (Lipinski definition) is 5. The lowest BCUT2D eigenvalue weighted by Crippen LogP contribution is -2.06. The molecule has 0 bridgehead atoms. The van der Waals surface area contributed by atoms with Crippen LogP contribution in [0, 0.1) is 0 Å². The predicted molar refractivity (Wildman–Crippen MR) is 115 cm³/mol. The molecule has 3 unspecified atom stereocenters. The van der Waals surface area contributed by atoms with Crippen LogP contribution in [-0.2, 0) is 23.7 Å². The van der Waals surface area contributed by atoms with E-state index in [9.17, 15) is 0 Å². The van der Waals surface area contributed by atoms with Gasteiger partial charge in [-0.25, -0.2) is 0 Å². The largest absolute Gasteiger partial charge is 0.379 e. The number of ether oxygens (including phenoxy) is 5. The van der Waals surface area contributed by atoms with Crippen molar-refractivity contribution in [1.82, 2.24) is 0 Å². The minimum absolute atomic E-state index is 0.392. The average Bonchev–Trinajstić information content (AvgIpc) is 3.61. The van der Waals surface area contributed by atoms with E-state index in [4.69, 9.17) is 23.7 Å². The van der Waals surface area contributed by atoms with Crippen molar-refractivity contribution in [2.24, 2.45) is 0 Å². The second kappa shape index (κ2) is 16.8. The van der Waals surface area contributed by atoms with Gasteiger partial charge in [0, 0.05) is 6.61 Å². The van der Waals surface area contributed by atoms with Gasteiger partial charge in [-0.05, 0) is 6.42 Å². The van der Waals surface area contributed by atoms with Crippen molar-refractivity contribution in [3.05, 3.63) is 36.4 Å². The van der Waals surface area contributed by atoms with E-state index in [0.29, 0.717) is 18.3 Å². The summed E-state index contributed by atoms with van der Waals surface area (Å²) in [6.07, 6.45) is 10.7. The SMILES string of the molecule is C(OCC1CO1)C1CO1.CCCCCCCCCOCC1CO1.c1ccccc1. The van der Waals surface area contributed by atoms with Gasteiger partial charge in [0.1, 0.15) is 18.3 Å². The summed E-state index contributed by atoms with van der Waals surface area (Å²) in [6.45, 7) is 8.17. The Morgan fingerprint density at radius 1 is 0.586 bits per heavy atom. The molecule has 0 spiro atoms. The second-order valence-corrected chi connectivity index (χ2v) is 7.75. The van der Waals surface area contributed by atoms with E-state index in [-0.39, 0.29) is 0 Å². The van der Waals surface area contributed by atoms with Crippen LogP contribution in [0.25, 0.3) is 0 Å². The Kier molecular flexibility index (Phi) is 14.1. The number of epoxide rings is 3. The molecule has 0 saturated carbocycles. The van der Waals surface area contributed by atoms with Gasteiger partial charge < -0.3 is 23.7 Å². The van der Waals surface area contributed by atoms with Crippen molar-refractivity contribution in [3.63, 3.8) is 0 Å². The fraction of sp³-hybridized carbons (Fsp3) is 0.750. The standard InChI is InChI=1S/C12H24O2.C6H10O3.C6H6/c1-2-3-4-5-6-7-8-9-13-10-12-11-14-12;1(5-3-8-5)7-2-6-4-9-6;1-2-4-6-5-3-1/h12H,2-11H2,1H3;5-6H,1-4H2;1-6H. The van der Waals surface area contributed by atoms with Crippen LogP contribution in [-0.4, -0.2) is 64.6 Å². The Hall–Kier alpha value is -0.980. The molecule has 5 nitrogen and oxygen atoms in total. The van der Waals surface area contributed by atoms with Crippen molar-refractivity contribution in [3.8, 4) is 0 Å². The Balaban J connectivity index is 0.000000169. The van der Waals surface area contributed by atoms with Crippen LogP contribution in [0.4, 0.5) is 0 Å². The van der Waals surface area contributed by atoms with E-state index in [2.05, 4.69) is 6.92 Å². The van der Waals surface area contributed by atoms with E-state index in [1.54, 1.807) is 0 Å². The van der Waals surface area contributed by atoms with Gasteiger partial charge in [0.25, 0.3) is 0 Å². The molecule has 5 heteroatoms. The lowest BCUT2D eigenvalue weighted by Gasteiger charge is -2.02. The summed E-state index contributed by atoms with van der Waals surface area (Å²) in [4.78, 5) is 0. The molecule has 1 aromatic rings. The van der Waals surface area contributed by atoms with Gasteiger partial charge in [0.2, 0.25) is 0 Å². The summed E-state index contributed by atoms with van der Waals surface area (Å²) >= 11 is 0. The average molecular weight is 409 g/mol. The Morgan fingerprint density at radius 2 is 0.966 bits per heavy atom. The van der Waals surface area contributed by atoms with Crippen LogP contribution in [0.3, 0.4) is 0 Å². The summed E-state index contributed by atoms with van der Waals surface area (Å²) < 4.78 is 25.6. The fourth-order valence-electron chi connectivity index (χ4n) is 2.58. The third kappa shape index (κ3) is 17.6. The maximum Gasteiger partial charge on any atom is 0.104 e. The highest BCUT2D eigenvalue weighted by molar-refractivity contribution is 4.99. The molecule has 3 saturated heterocycles. The first-order chi connectivity index (χ1) is 14.4. The summed E-state index contributed by atoms with van der Waals surface area (Å²) in [5, 5.41) is 0. The number of unbranched alkanes of at least 4 members (excludes halogenated alkanes) is 6. The number of benzene rings is 1. The lowest BCUT2D eigenvalue weighted by molar-refractivity contribution is 0.102. The van der Waals surface area contributed by atoms with E-state index in [1.165, 1.54) is 44.9 Å². The molecule has 3 fully saturated rings. The molecule has 3 aliphatic rings. The van der Waals surface area contributed by atoms with Crippen LogP contribution in [0.5, 0.6) is 0 Å². The quantitative estimate of drug-likeness (QED) is 0.332. The highest BCUT2D eigenvalue weighted by Gasteiger charge is 2.26. The maximum absolute atomic E-state index is 5.46. The molecule has 29 heavy (non-hydrogen) atoms. The maximum atomic E-state index is 5.46. The second-order valence-electron chi connectivity index (χ2n) is 7.75. The van der Waals surface area contributed by atoms with Gasteiger partial charge in [0.05, 0.1) is 39.6 Å². The first-order valence-electron chi connectivity index (χ1n) is 11.4. The number of rotatable bonds is 14. The van der Waals surface area contributed by atoms with E-state index < -0.39 is 0 Å². The highest BCUT2D eigenvalue weighted by Crippen LogP contribution is 2.12. The topological polar surface area (TPSA) is 56.0 Å². The fourth-order valence-corrected chi connectivity index (χ4v) is 2.58. The zero-order valence-electron chi connectivity index (χ0n) is 18.1. The monoisotopic (exact) mass is 408 g/mol. The molecule has 4 rings (SSSR count). The predicted octanol–water partition coefficient (Wildman–Crippen LogP) is 4.64. The molecule has 166 valence electrons. The van der Waals surface area contributed by atoms with Gasteiger partial charge in [-0.3, -0.25) is 0 Å². The van der Waals surface area contributed by atoms with E-state index in [0.717, 1.165) is 46.2 Å². The van der Waals surface area contributed by atoms with Gasteiger partial charge in [0.15, 0.2) is 0 Å². The molecular formula is C24H40O5. The minimum Gasteiger partial charge on any atom is -0.379 e. The molecule has 1 aromatic carbocycles. The van der Waals surface area contributed by atoms with Crippen LogP contribution < -0.4 is 0 Å². The first kappa shape index (κ1) is 24.3. The molecule has 0 amide bonds. The van der Waals surface area contributed by atoms with Crippen molar-refractivity contribution in [2.45, 2.75) is 70.2 Å². The first-order valence-corrected chi connectivity index (χ1v) is 11.4. The Morgan fingerprint density at radius 3 is 1.38 bits per heavy atom. The third-order valence-electron chi connectivity index (χ3n) is 4.68. The molecule has 0 N–H and O–H groups in total. The Labute approximate surface area is 177 Å². The molecular weight excluding hydrogens is 368 g/mol. The molecule has 0 radical (unpaired) electrons. The molecule has 0 aromatic heterocycles. The summed E-state index contributed by atoms with van der Waals surface area (Å²) in [7, 11) is 0. The van der Waals surface area contributed by atoms with Crippen molar-refractivity contribution in [2.75, 3.05) is 46.2 Å². The Bertz CT molecular complexity index is 419. The van der Waals surface area contributed by atoms with E-state index >= 15 is 0 Å². The highest BCUT2D eigenvalue weighted by atomic mass is 16.6. The molecule has 0 aliphatic carbocycles. The lowest BCUT2D eigenvalue weighted by atomic mass is 10.1. The molecule has 3 atom stereocenters. The van der Waals surface area contributed by atoms with Crippen molar-refractivity contribution < 1.29 is 23.7 Å². The molecule has 3 aliphatic heterocycles. The van der Waals surface area contributed by atoms with Crippen molar-refractivity contribution in [1.29, 1.82) is 0 Å². The normalized spacial score (nSPS) is 23.3. The van der Waals surface area contributed by atoms with E-state index in [1.807, 2.05) is 36.4 Å². The van der Waals surface area contributed by atoms with Gasteiger partial charge >= 0.3 is 0 Å². The van der Waals surface area contributed by atoms with Gasteiger partial charge in [-0.2, -0.15) is 0 Å². The van der Waals surface area contributed by atoms with Crippen LogP contribution in [0.2, 0.25) is 0 Å². The zero-order chi connectivity index (χ0) is 20.4. The smallest absolute Gasteiger partial charge is 0.104 e. The van der Waals surface area contributed by atoms with Crippen molar-refractivity contribution >= 4 is 0 Å². The van der Waals surface area contributed by atoms with Crippen LogP contribution in [0.1, 0.15) is 51.9 Å². The summed E-state index contributed by atoms with van der Waals surface area (Å²) in [5.74, 6) is 0. The molecule has 3 heterocycles.